The second kappa shape index (κ2) is 7.30. The molecule has 0 saturated carbocycles. The molecule has 1 atom stereocenters. The number of hydrogen-bond acceptors (Lipinski definition) is 4. The summed E-state index contributed by atoms with van der Waals surface area (Å²) in [6.07, 6.45) is 0. The molecular weight excluding hydrogens is 222 g/mol. The van der Waals surface area contributed by atoms with Gasteiger partial charge in [-0.05, 0) is 11.3 Å². The molecule has 3 nitrogen and oxygen atoms in total. The molecule has 0 spiro atoms. The van der Waals surface area contributed by atoms with Gasteiger partial charge in [-0.1, -0.05) is 37.3 Å². The first kappa shape index (κ1) is 13.1. The highest BCUT2D eigenvalue weighted by molar-refractivity contribution is 7.99. The third-order valence-corrected chi connectivity index (χ3v) is 3.03. The molecule has 1 aromatic rings. The highest BCUT2D eigenvalue weighted by Crippen LogP contribution is 2.04. The summed E-state index contributed by atoms with van der Waals surface area (Å²) in [5, 5.41) is 0. The van der Waals surface area contributed by atoms with Crippen molar-refractivity contribution in [2.45, 2.75) is 19.6 Å². The SMILES string of the molecule is CCSCC(N)C(=O)OCc1ccccc1. The number of benzene rings is 1. The minimum Gasteiger partial charge on any atom is -0.460 e. The van der Waals surface area contributed by atoms with Crippen molar-refractivity contribution in [2.75, 3.05) is 11.5 Å². The number of nitrogens with two attached hydrogens (primary N) is 1. The molecule has 0 aliphatic heterocycles. The number of thioether (sulfide) groups is 1. The standard InChI is InChI=1S/C12H17NO2S/c1-2-16-9-11(13)12(14)15-8-10-6-4-3-5-7-10/h3-7,11H,2,8-9,13H2,1H3. The molecule has 4 heteroatoms. The molecule has 88 valence electrons. The van der Waals surface area contributed by atoms with Crippen molar-refractivity contribution < 1.29 is 9.53 Å². The molecule has 0 radical (unpaired) electrons. The largest absolute Gasteiger partial charge is 0.460 e. The zero-order chi connectivity index (χ0) is 11.8. The number of carbonyl (C=O) groups excluding carboxylic acids is 1. The smallest absolute Gasteiger partial charge is 0.324 e. The fourth-order valence-corrected chi connectivity index (χ4v) is 1.77. The van der Waals surface area contributed by atoms with Gasteiger partial charge in [-0.3, -0.25) is 4.79 Å². The second-order valence-electron chi connectivity index (χ2n) is 3.36. The predicted octanol–water partition coefficient (Wildman–Crippen LogP) is 1.81. The number of carbonyl (C=O) groups is 1. The Hall–Kier alpha value is -1.00. The van der Waals surface area contributed by atoms with E-state index in [4.69, 9.17) is 10.5 Å². The van der Waals surface area contributed by atoms with Gasteiger partial charge in [0.1, 0.15) is 12.6 Å². The van der Waals surface area contributed by atoms with Crippen LogP contribution >= 0.6 is 11.8 Å². The minimum absolute atomic E-state index is 0.296. The fourth-order valence-electron chi connectivity index (χ4n) is 1.15. The molecule has 2 N–H and O–H groups in total. The van der Waals surface area contributed by atoms with Crippen molar-refractivity contribution in [3.63, 3.8) is 0 Å². The van der Waals surface area contributed by atoms with Crippen molar-refractivity contribution in [3.05, 3.63) is 35.9 Å². The lowest BCUT2D eigenvalue weighted by Gasteiger charge is -2.10. The summed E-state index contributed by atoms with van der Waals surface area (Å²) < 4.78 is 5.11. The zero-order valence-corrected chi connectivity index (χ0v) is 10.2. The van der Waals surface area contributed by atoms with Gasteiger partial charge in [0.2, 0.25) is 0 Å². The van der Waals surface area contributed by atoms with Gasteiger partial charge in [-0.15, -0.1) is 0 Å². The quantitative estimate of drug-likeness (QED) is 0.769. The Kier molecular flexibility index (Phi) is 5.96. The molecule has 0 amide bonds. The first-order valence-corrected chi connectivity index (χ1v) is 6.43. The van der Waals surface area contributed by atoms with Crippen LogP contribution in [0, 0.1) is 0 Å². The van der Waals surface area contributed by atoms with E-state index in [1.54, 1.807) is 11.8 Å². The molecule has 16 heavy (non-hydrogen) atoms. The van der Waals surface area contributed by atoms with E-state index in [-0.39, 0.29) is 5.97 Å². The predicted molar refractivity (Wildman–Crippen MR) is 67.2 cm³/mol. The number of rotatable bonds is 6. The van der Waals surface area contributed by atoms with Crippen molar-refractivity contribution in [1.29, 1.82) is 0 Å². The molecular formula is C12H17NO2S. The van der Waals surface area contributed by atoms with Crippen LogP contribution in [0.2, 0.25) is 0 Å². The molecule has 0 aliphatic rings. The van der Waals surface area contributed by atoms with Crippen molar-refractivity contribution in [3.8, 4) is 0 Å². The van der Waals surface area contributed by atoms with E-state index >= 15 is 0 Å². The van der Waals surface area contributed by atoms with Gasteiger partial charge in [0.05, 0.1) is 0 Å². The van der Waals surface area contributed by atoms with E-state index in [2.05, 4.69) is 0 Å². The van der Waals surface area contributed by atoms with Gasteiger partial charge in [-0.25, -0.2) is 0 Å². The summed E-state index contributed by atoms with van der Waals surface area (Å²) in [4.78, 5) is 11.5. The maximum absolute atomic E-state index is 11.5. The average molecular weight is 239 g/mol. The van der Waals surface area contributed by atoms with E-state index in [9.17, 15) is 4.79 Å². The molecule has 0 aliphatic carbocycles. The summed E-state index contributed by atoms with van der Waals surface area (Å²) >= 11 is 1.64. The molecule has 1 aromatic carbocycles. The third kappa shape index (κ3) is 4.68. The highest BCUT2D eigenvalue weighted by atomic mass is 32.2. The highest BCUT2D eigenvalue weighted by Gasteiger charge is 2.14. The summed E-state index contributed by atoms with van der Waals surface area (Å²) in [6.45, 7) is 2.33. The van der Waals surface area contributed by atoms with E-state index in [0.29, 0.717) is 12.4 Å². The lowest BCUT2D eigenvalue weighted by Crippen LogP contribution is -2.34. The number of ether oxygens (including phenoxy) is 1. The Morgan fingerprint density at radius 3 is 2.75 bits per heavy atom. The molecule has 1 unspecified atom stereocenters. The van der Waals surface area contributed by atoms with E-state index in [1.807, 2.05) is 37.3 Å². The van der Waals surface area contributed by atoms with E-state index in [1.165, 1.54) is 0 Å². The molecule has 0 bridgehead atoms. The number of hydrogen-bond donors (Lipinski definition) is 1. The summed E-state index contributed by atoms with van der Waals surface area (Å²) in [6, 6.07) is 9.06. The fraction of sp³-hybridized carbons (Fsp3) is 0.417. The Labute approximate surface area is 100 Å². The monoisotopic (exact) mass is 239 g/mol. The maximum Gasteiger partial charge on any atom is 0.324 e. The Balaban J connectivity index is 2.29. The Morgan fingerprint density at radius 1 is 1.44 bits per heavy atom. The van der Waals surface area contributed by atoms with Gasteiger partial charge >= 0.3 is 5.97 Å². The van der Waals surface area contributed by atoms with Crippen molar-refractivity contribution in [2.24, 2.45) is 5.73 Å². The average Bonchev–Trinajstić information content (AvgIpc) is 2.34. The molecule has 0 fully saturated rings. The maximum atomic E-state index is 11.5. The minimum atomic E-state index is -0.520. The van der Waals surface area contributed by atoms with Crippen molar-refractivity contribution in [1.82, 2.24) is 0 Å². The van der Waals surface area contributed by atoms with Gasteiger partial charge in [0.15, 0.2) is 0 Å². The van der Waals surface area contributed by atoms with E-state index in [0.717, 1.165) is 11.3 Å². The molecule has 0 saturated heterocycles. The van der Waals surface area contributed by atoms with Crippen LogP contribution in [0.4, 0.5) is 0 Å². The van der Waals surface area contributed by atoms with Crippen LogP contribution in [0.1, 0.15) is 12.5 Å². The molecule has 0 heterocycles. The molecule has 0 aromatic heterocycles. The number of esters is 1. The summed E-state index contributed by atoms with van der Waals surface area (Å²) in [5.74, 6) is 1.24. The second-order valence-corrected chi connectivity index (χ2v) is 4.68. The van der Waals surface area contributed by atoms with Crippen LogP contribution < -0.4 is 5.73 Å². The van der Waals surface area contributed by atoms with Crippen LogP contribution in [-0.2, 0) is 16.1 Å². The first-order valence-electron chi connectivity index (χ1n) is 5.28. The van der Waals surface area contributed by atoms with Gasteiger partial charge in [0.25, 0.3) is 0 Å². The lowest BCUT2D eigenvalue weighted by atomic mass is 10.2. The first-order chi connectivity index (χ1) is 7.74. The lowest BCUT2D eigenvalue weighted by molar-refractivity contribution is -0.145. The Bertz CT molecular complexity index is 316. The zero-order valence-electron chi connectivity index (χ0n) is 9.39. The van der Waals surface area contributed by atoms with Gasteiger partial charge in [0, 0.05) is 5.75 Å². The van der Waals surface area contributed by atoms with Crippen LogP contribution in [-0.4, -0.2) is 23.5 Å². The third-order valence-electron chi connectivity index (χ3n) is 2.03. The summed E-state index contributed by atoms with van der Waals surface area (Å²) in [7, 11) is 0. The summed E-state index contributed by atoms with van der Waals surface area (Å²) in [5.41, 5.74) is 6.65. The van der Waals surface area contributed by atoms with E-state index < -0.39 is 6.04 Å². The van der Waals surface area contributed by atoms with Crippen LogP contribution in [0.15, 0.2) is 30.3 Å². The van der Waals surface area contributed by atoms with Crippen molar-refractivity contribution >= 4 is 17.7 Å². The topological polar surface area (TPSA) is 52.3 Å². The van der Waals surface area contributed by atoms with Gasteiger partial charge in [-0.2, -0.15) is 11.8 Å². The van der Waals surface area contributed by atoms with Crippen LogP contribution in [0.3, 0.4) is 0 Å². The van der Waals surface area contributed by atoms with Crippen LogP contribution in [0.25, 0.3) is 0 Å². The van der Waals surface area contributed by atoms with Crippen LogP contribution in [0.5, 0.6) is 0 Å². The Morgan fingerprint density at radius 2 is 2.12 bits per heavy atom. The normalized spacial score (nSPS) is 12.1. The molecule has 1 rings (SSSR count). The van der Waals surface area contributed by atoms with Gasteiger partial charge < -0.3 is 10.5 Å².